The van der Waals surface area contributed by atoms with Crippen LogP contribution in [0.25, 0.3) is 0 Å². The molecule has 134 valence electrons. The van der Waals surface area contributed by atoms with Crippen molar-refractivity contribution in [2.75, 3.05) is 26.2 Å². The molecule has 0 aromatic heterocycles. The molecule has 0 atom stereocenters. The van der Waals surface area contributed by atoms with E-state index in [2.05, 4.69) is 79.9 Å². The lowest BCUT2D eigenvalue weighted by Crippen LogP contribution is -2.38. The van der Waals surface area contributed by atoms with Crippen molar-refractivity contribution in [1.29, 1.82) is 0 Å². The summed E-state index contributed by atoms with van der Waals surface area (Å²) < 4.78 is 0. The van der Waals surface area contributed by atoms with Crippen molar-refractivity contribution in [3.63, 3.8) is 0 Å². The van der Waals surface area contributed by atoms with Crippen LogP contribution in [0.4, 0.5) is 0 Å². The smallest absolute Gasteiger partial charge is 0.000275 e. The molecule has 2 nitrogen and oxygen atoms in total. The first-order valence-corrected chi connectivity index (χ1v) is 9.04. The van der Waals surface area contributed by atoms with E-state index in [0.29, 0.717) is 21.7 Å². The summed E-state index contributed by atoms with van der Waals surface area (Å²) in [5.41, 5.74) is 1.47. The van der Waals surface area contributed by atoms with Gasteiger partial charge < -0.3 is 10.6 Å². The molecule has 2 N–H and O–H groups in total. The van der Waals surface area contributed by atoms with Gasteiger partial charge in [-0.25, -0.2) is 0 Å². The summed E-state index contributed by atoms with van der Waals surface area (Å²) in [5.74, 6) is 0. The van der Waals surface area contributed by atoms with E-state index in [4.69, 9.17) is 0 Å². The van der Waals surface area contributed by atoms with E-state index in [1.807, 2.05) is 0 Å². The first-order chi connectivity index (χ1) is 9.62. The van der Waals surface area contributed by atoms with Crippen LogP contribution in [0.15, 0.2) is 0 Å². The fraction of sp³-hybridized carbons (Fsp3) is 1.00. The van der Waals surface area contributed by atoms with Crippen LogP contribution >= 0.6 is 0 Å². The van der Waals surface area contributed by atoms with Gasteiger partial charge in [0.2, 0.25) is 0 Å². The summed E-state index contributed by atoms with van der Waals surface area (Å²) in [6.07, 6.45) is 2.54. The third kappa shape index (κ3) is 13.6. The Hall–Kier alpha value is -0.0800. The highest BCUT2D eigenvalue weighted by atomic mass is 14.9. The minimum atomic E-state index is 0.367. The molecule has 0 aliphatic carbocycles. The van der Waals surface area contributed by atoms with E-state index in [1.54, 1.807) is 0 Å². The highest BCUT2D eigenvalue weighted by Crippen LogP contribution is 2.30. The summed E-state index contributed by atoms with van der Waals surface area (Å²) in [6, 6.07) is 0. The van der Waals surface area contributed by atoms with E-state index in [0.717, 1.165) is 26.2 Å². The van der Waals surface area contributed by atoms with Crippen molar-refractivity contribution >= 4 is 0 Å². The van der Waals surface area contributed by atoms with E-state index in [9.17, 15) is 0 Å². The van der Waals surface area contributed by atoms with Gasteiger partial charge in [0.15, 0.2) is 0 Å². The zero-order valence-corrected chi connectivity index (χ0v) is 17.2. The second-order valence-corrected chi connectivity index (χ2v) is 11.2. The fourth-order valence-electron chi connectivity index (χ4n) is 2.41. The topological polar surface area (TPSA) is 24.1 Å². The largest absolute Gasteiger partial charge is 0.316 e. The van der Waals surface area contributed by atoms with Crippen molar-refractivity contribution in [3.8, 4) is 0 Å². The molecule has 0 aliphatic heterocycles. The Morgan fingerprint density at radius 3 is 0.955 bits per heavy atom. The van der Waals surface area contributed by atoms with Gasteiger partial charge in [-0.2, -0.15) is 0 Å². The summed E-state index contributed by atoms with van der Waals surface area (Å²) in [7, 11) is 0. The molecule has 0 aromatic carbocycles. The van der Waals surface area contributed by atoms with Gasteiger partial charge in [-0.1, -0.05) is 69.2 Å². The molecule has 0 radical (unpaired) electrons. The van der Waals surface area contributed by atoms with Gasteiger partial charge in [-0.3, -0.25) is 0 Å². The van der Waals surface area contributed by atoms with Crippen molar-refractivity contribution in [1.82, 2.24) is 10.6 Å². The maximum atomic E-state index is 3.65. The van der Waals surface area contributed by atoms with Crippen LogP contribution in [0.3, 0.4) is 0 Å². The third-order valence-electron chi connectivity index (χ3n) is 4.00. The Balaban J connectivity index is 4.10. The van der Waals surface area contributed by atoms with Gasteiger partial charge in [0.05, 0.1) is 0 Å². The second kappa shape index (κ2) is 8.15. The SMILES string of the molecule is CC(C)(C)CNCC(C)(C)CCC(C)(C)CNCC(C)(C)C. The minimum absolute atomic E-state index is 0.367. The van der Waals surface area contributed by atoms with Crippen molar-refractivity contribution in [3.05, 3.63) is 0 Å². The fourth-order valence-corrected chi connectivity index (χ4v) is 2.41. The van der Waals surface area contributed by atoms with Crippen LogP contribution in [0.2, 0.25) is 0 Å². The van der Waals surface area contributed by atoms with E-state index in [1.165, 1.54) is 12.8 Å². The van der Waals surface area contributed by atoms with Crippen LogP contribution in [-0.4, -0.2) is 26.2 Å². The number of rotatable bonds is 9. The number of hydrogen-bond donors (Lipinski definition) is 2. The van der Waals surface area contributed by atoms with Crippen LogP contribution in [-0.2, 0) is 0 Å². The molecule has 0 unspecified atom stereocenters. The lowest BCUT2D eigenvalue weighted by atomic mass is 9.78. The zero-order chi connectivity index (χ0) is 17.7. The van der Waals surface area contributed by atoms with Gasteiger partial charge >= 0.3 is 0 Å². The van der Waals surface area contributed by atoms with Gasteiger partial charge in [-0.15, -0.1) is 0 Å². The van der Waals surface area contributed by atoms with Crippen molar-refractivity contribution < 1.29 is 0 Å². The maximum absolute atomic E-state index is 3.65. The summed E-state index contributed by atoms with van der Waals surface area (Å²) >= 11 is 0. The predicted molar refractivity (Wildman–Crippen MR) is 101 cm³/mol. The van der Waals surface area contributed by atoms with E-state index in [-0.39, 0.29) is 0 Å². The normalized spacial score (nSPS) is 14.5. The van der Waals surface area contributed by atoms with Crippen LogP contribution in [0, 0.1) is 21.7 Å². The van der Waals surface area contributed by atoms with Gasteiger partial charge in [0.1, 0.15) is 0 Å². The second-order valence-electron chi connectivity index (χ2n) is 11.2. The van der Waals surface area contributed by atoms with Crippen LogP contribution in [0.1, 0.15) is 82.1 Å². The molecule has 0 heterocycles. The van der Waals surface area contributed by atoms with Crippen LogP contribution < -0.4 is 10.6 Å². The molecule has 0 aromatic rings. The lowest BCUT2D eigenvalue weighted by molar-refractivity contribution is 0.214. The lowest BCUT2D eigenvalue weighted by Gasteiger charge is -2.33. The Bertz CT molecular complexity index is 271. The van der Waals surface area contributed by atoms with Gasteiger partial charge in [0.25, 0.3) is 0 Å². The monoisotopic (exact) mass is 312 g/mol. The first-order valence-electron chi connectivity index (χ1n) is 9.04. The third-order valence-corrected chi connectivity index (χ3v) is 4.00. The Morgan fingerprint density at radius 2 is 0.727 bits per heavy atom. The predicted octanol–water partition coefficient (Wildman–Crippen LogP) is 5.09. The first kappa shape index (κ1) is 21.9. The van der Waals surface area contributed by atoms with Crippen molar-refractivity contribution in [2.24, 2.45) is 21.7 Å². The molecule has 0 spiro atoms. The van der Waals surface area contributed by atoms with Gasteiger partial charge in [0, 0.05) is 26.2 Å². The van der Waals surface area contributed by atoms with Crippen LogP contribution in [0.5, 0.6) is 0 Å². The molecule has 0 aliphatic rings. The summed E-state index contributed by atoms with van der Waals surface area (Å²) in [5, 5.41) is 7.30. The average Bonchev–Trinajstić information content (AvgIpc) is 2.22. The molecular weight excluding hydrogens is 268 g/mol. The molecular formula is C20H44N2. The maximum Gasteiger partial charge on any atom is 0.000275 e. The quantitative estimate of drug-likeness (QED) is 0.619. The molecule has 0 saturated heterocycles. The molecule has 0 bridgehead atoms. The number of hydrogen-bond acceptors (Lipinski definition) is 2. The molecule has 0 amide bonds. The summed E-state index contributed by atoms with van der Waals surface area (Å²) in [4.78, 5) is 0. The van der Waals surface area contributed by atoms with E-state index >= 15 is 0 Å². The Kier molecular flexibility index (Phi) is 8.12. The molecule has 0 saturated carbocycles. The molecule has 22 heavy (non-hydrogen) atoms. The van der Waals surface area contributed by atoms with Gasteiger partial charge in [-0.05, 0) is 34.5 Å². The standard InChI is InChI=1S/C20H44N2/c1-17(2,3)13-21-15-19(7,8)11-12-20(9,10)16-22-14-18(4,5)6/h21-22H,11-16H2,1-10H3. The minimum Gasteiger partial charge on any atom is -0.316 e. The average molecular weight is 313 g/mol. The molecule has 0 fully saturated rings. The molecule has 0 rings (SSSR count). The Morgan fingerprint density at radius 1 is 0.455 bits per heavy atom. The highest BCUT2D eigenvalue weighted by Gasteiger charge is 2.25. The Labute approximate surface area is 141 Å². The van der Waals surface area contributed by atoms with Crippen molar-refractivity contribution in [2.45, 2.75) is 82.1 Å². The van der Waals surface area contributed by atoms with E-state index < -0.39 is 0 Å². The summed E-state index contributed by atoms with van der Waals surface area (Å²) in [6.45, 7) is 27.7. The molecule has 2 heteroatoms. The highest BCUT2D eigenvalue weighted by molar-refractivity contribution is 4.80. The zero-order valence-electron chi connectivity index (χ0n) is 17.2. The number of nitrogens with one attached hydrogen (secondary N) is 2.